The fourth-order valence-corrected chi connectivity index (χ4v) is 2.58. The zero-order chi connectivity index (χ0) is 13.1. The standard InChI is InChI=1S/C14H20F2N2/c1-10-4-6-18(7-5-10)14(9-17)12-8-11(15)2-3-13(12)16/h2-3,8,10,14H,4-7,9,17H2,1H3/t14-/m0/s1. The number of nitrogens with zero attached hydrogens (tertiary/aromatic N) is 1. The molecule has 4 heteroatoms. The van der Waals surface area contributed by atoms with E-state index in [1.54, 1.807) is 0 Å². The van der Waals surface area contributed by atoms with Crippen LogP contribution in [0, 0.1) is 17.6 Å². The van der Waals surface area contributed by atoms with E-state index in [1.807, 2.05) is 0 Å². The summed E-state index contributed by atoms with van der Waals surface area (Å²) in [6.07, 6.45) is 2.18. The minimum atomic E-state index is -0.407. The summed E-state index contributed by atoms with van der Waals surface area (Å²) in [4.78, 5) is 2.16. The van der Waals surface area contributed by atoms with E-state index in [2.05, 4.69) is 11.8 Å². The summed E-state index contributed by atoms with van der Waals surface area (Å²) >= 11 is 0. The Morgan fingerprint density at radius 2 is 2.00 bits per heavy atom. The van der Waals surface area contributed by atoms with Gasteiger partial charge >= 0.3 is 0 Å². The van der Waals surface area contributed by atoms with Crippen molar-refractivity contribution in [1.82, 2.24) is 4.90 Å². The third-order valence-corrected chi connectivity index (χ3v) is 3.80. The van der Waals surface area contributed by atoms with Gasteiger partial charge in [-0.15, -0.1) is 0 Å². The van der Waals surface area contributed by atoms with Gasteiger partial charge in [-0.25, -0.2) is 8.78 Å². The van der Waals surface area contributed by atoms with Gasteiger partial charge in [0.15, 0.2) is 0 Å². The van der Waals surface area contributed by atoms with E-state index in [0.717, 1.165) is 32.0 Å². The van der Waals surface area contributed by atoms with E-state index in [9.17, 15) is 8.78 Å². The minimum absolute atomic E-state index is 0.215. The van der Waals surface area contributed by atoms with Gasteiger partial charge in [0.25, 0.3) is 0 Å². The van der Waals surface area contributed by atoms with E-state index < -0.39 is 5.82 Å². The van der Waals surface area contributed by atoms with Crippen molar-refractivity contribution in [2.24, 2.45) is 11.7 Å². The van der Waals surface area contributed by atoms with Crippen molar-refractivity contribution in [3.05, 3.63) is 35.4 Å². The topological polar surface area (TPSA) is 29.3 Å². The van der Waals surface area contributed by atoms with E-state index in [0.29, 0.717) is 18.0 Å². The fourth-order valence-electron chi connectivity index (χ4n) is 2.58. The summed E-state index contributed by atoms with van der Waals surface area (Å²) in [6.45, 7) is 4.34. The monoisotopic (exact) mass is 254 g/mol. The summed E-state index contributed by atoms with van der Waals surface area (Å²) in [5, 5.41) is 0. The van der Waals surface area contributed by atoms with E-state index in [4.69, 9.17) is 5.73 Å². The third kappa shape index (κ3) is 2.87. The van der Waals surface area contributed by atoms with Gasteiger partial charge in [0.1, 0.15) is 11.6 Å². The Kier molecular flexibility index (Phi) is 4.30. The molecule has 0 unspecified atom stereocenters. The molecule has 1 heterocycles. The second kappa shape index (κ2) is 5.76. The second-order valence-corrected chi connectivity index (χ2v) is 5.14. The Morgan fingerprint density at radius 1 is 1.33 bits per heavy atom. The van der Waals surface area contributed by atoms with Crippen LogP contribution in [0.2, 0.25) is 0 Å². The highest BCUT2D eigenvalue weighted by molar-refractivity contribution is 5.23. The molecule has 1 aliphatic heterocycles. The molecule has 1 aromatic carbocycles. The summed E-state index contributed by atoms with van der Waals surface area (Å²) in [7, 11) is 0. The van der Waals surface area contributed by atoms with Crippen molar-refractivity contribution in [2.45, 2.75) is 25.8 Å². The van der Waals surface area contributed by atoms with Crippen LogP contribution >= 0.6 is 0 Å². The van der Waals surface area contributed by atoms with Crippen molar-refractivity contribution < 1.29 is 8.78 Å². The van der Waals surface area contributed by atoms with Gasteiger partial charge in [0.2, 0.25) is 0 Å². The van der Waals surface area contributed by atoms with Gasteiger partial charge in [-0.3, -0.25) is 4.90 Å². The molecular weight excluding hydrogens is 234 g/mol. The maximum absolute atomic E-state index is 13.8. The van der Waals surface area contributed by atoms with Crippen LogP contribution in [0.3, 0.4) is 0 Å². The molecule has 0 spiro atoms. The average molecular weight is 254 g/mol. The quantitative estimate of drug-likeness (QED) is 0.898. The zero-order valence-electron chi connectivity index (χ0n) is 10.7. The minimum Gasteiger partial charge on any atom is -0.329 e. The Morgan fingerprint density at radius 3 is 2.61 bits per heavy atom. The van der Waals surface area contributed by atoms with E-state index in [1.165, 1.54) is 12.1 Å². The summed E-state index contributed by atoms with van der Waals surface area (Å²) in [5.41, 5.74) is 6.14. The lowest BCUT2D eigenvalue weighted by molar-refractivity contribution is 0.138. The molecule has 100 valence electrons. The molecule has 2 rings (SSSR count). The molecule has 0 radical (unpaired) electrons. The highest BCUT2D eigenvalue weighted by atomic mass is 19.1. The van der Waals surface area contributed by atoms with Crippen molar-refractivity contribution in [3.63, 3.8) is 0 Å². The number of hydrogen-bond acceptors (Lipinski definition) is 2. The van der Waals surface area contributed by atoms with Crippen LogP contribution in [0.4, 0.5) is 8.78 Å². The Bertz CT molecular complexity index is 401. The third-order valence-electron chi connectivity index (χ3n) is 3.80. The molecule has 1 atom stereocenters. The van der Waals surface area contributed by atoms with Gasteiger partial charge in [-0.2, -0.15) is 0 Å². The lowest BCUT2D eigenvalue weighted by atomic mass is 9.95. The molecule has 0 saturated carbocycles. The highest BCUT2D eigenvalue weighted by Crippen LogP contribution is 2.28. The van der Waals surface area contributed by atoms with E-state index in [-0.39, 0.29) is 11.9 Å². The molecule has 0 aromatic heterocycles. The maximum atomic E-state index is 13.8. The van der Waals surface area contributed by atoms with Crippen LogP contribution in [0.1, 0.15) is 31.4 Å². The van der Waals surface area contributed by atoms with Crippen molar-refractivity contribution in [2.75, 3.05) is 19.6 Å². The smallest absolute Gasteiger partial charge is 0.128 e. The summed E-state index contributed by atoms with van der Waals surface area (Å²) in [6, 6.07) is 3.38. The van der Waals surface area contributed by atoms with Crippen LogP contribution in [-0.4, -0.2) is 24.5 Å². The first-order chi connectivity index (χ1) is 8.61. The number of halogens is 2. The largest absolute Gasteiger partial charge is 0.329 e. The summed E-state index contributed by atoms with van der Waals surface area (Å²) in [5.74, 6) is -0.0715. The van der Waals surface area contributed by atoms with E-state index >= 15 is 0 Å². The first-order valence-electron chi connectivity index (χ1n) is 6.51. The van der Waals surface area contributed by atoms with Gasteiger partial charge in [0.05, 0.1) is 0 Å². The van der Waals surface area contributed by atoms with Gasteiger partial charge < -0.3 is 5.73 Å². The molecule has 1 aliphatic rings. The predicted molar refractivity (Wildman–Crippen MR) is 68.1 cm³/mol. The molecular formula is C14H20F2N2. The number of rotatable bonds is 3. The van der Waals surface area contributed by atoms with Crippen molar-refractivity contribution in [3.8, 4) is 0 Å². The maximum Gasteiger partial charge on any atom is 0.128 e. The number of benzene rings is 1. The lowest BCUT2D eigenvalue weighted by Gasteiger charge is -2.36. The first-order valence-corrected chi connectivity index (χ1v) is 6.51. The molecule has 0 bridgehead atoms. The summed E-state index contributed by atoms with van der Waals surface area (Å²) < 4.78 is 27.0. The molecule has 2 N–H and O–H groups in total. The number of hydrogen-bond donors (Lipinski definition) is 1. The molecule has 18 heavy (non-hydrogen) atoms. The van der Waals surface area contributed by atoms with Crippen LogP contribution in [-0.2, 0) is 0 Å². The molecule has 0 amide bonds. The Balaban J connectivity index is 2.19. The van der Waals surface area contributed by atoms with Crippen molar-refractivity contribution >= 4 is 0 Å². The first kappa shape index (κ1) is 13.4. The molecule has 1 fully saturated rings. The van der Waals surface area contributed by atoms with Crippen LogP contribution in [0.5, 0.6) is 0 Å². The van der Waals surface area contributed by atoms with Crippen LogP contribution < -0.4 is 5.73 Å². The molecule has 2 nitrogen and oxygen atoms in total. The SMILES string of the molecule is CC1CCN([C@@H](CN)c2cc(F)ccc2F)CC1. The van der Waals surface area contributed by atoms with Gasteiger partial charge in [-0.05, 0) is 50.0 Å². The van der Waals surface area contributed by atoms with Crippen molar-refractivity contribution in [1.29, 1.82) is 0 Å². The van der Waals surface area contributed by atoms with Crippen LogP contribution in [0.25, 0.3) is 0 Å². The highest BCUT2D eigenvalue weighted by Gasteiger charge is 2.25. The average Bonchev–Trinajstić information content (AvgIpc) is 2.37. The number of piperidine rings is 1. The molecule has 1 aromatic rings. The van der Waals surface area contributed by atoms with Gasteiger partial charge in [-0.1, -0.05) is 6.92 Å². The molecule has 1 saturated heterocycles. The Hall–Kier alpha value is -1.00. The second-order valence-electron chi connectivity index (χ2n) is 5.14. The number of likely N-dealkylation sites (tertiary alicyclic amines) is 1. The van der Waals surface area contributed by atoms with Gasteiger partial charge in [0, 0.05) is 18.2 Å². The lowest BCUT2D eigenvalue weighted by Crippen LogP contribution is -2.39. The fraction of sp³-hybridized carbons (Fsp3) is 0.571. The Labute approximate surface area is 107 Å². The van der Waals surface area contributed by atoms with Crippen LogP contribution in [0.15, 0.2) is 18.2 Å². The predicted octanol–water partition coefficient (Wildman–Crippen LogP) is 2.70. The normalized spacial score (nSPS) is 20.0. The zero-order valence-corrected chi connectivity index (χ0v) is 10.7. The number of nitrogens with two attached hydrogens (primary N) is 1. The molecule has 0 aliphatic carbocycles.